The van der Waals surface area contributed by atoms with Crippen molar-refractivity contribution in [1.82, 2.24) is 20.1 Å². The van der Waals surface area contributed by atoms with E-state index in [1.54, 1.807) is 9.80 Å². The Labute approximate surface area is 207 Å². The molecule has 0 aliphatic carbocycles. The molecule has 0 unspecified atom stereocenters. The summed E-state index contributed by atoms with van der Waals surface area (Å²) in [6.07, 6.45) is 1.58. The van der Waals surface area contributed by atoms with E-state index in [1.807, 2.05) is 37.3 Å². The van der Waals surface area contributed by atoms with E-state index < -0.39 is 11.9 Å². The molecule has 1 aliphatic heterocycles. The zero-order valence-electron chi connectivity index (χ0n) is 19.7. The molecule has 1 aliphatic rings. The third kappa shape index (κ3) is 7.51. The van der Waals surface area contributed by atoms with Gasteiger partial charge in [0, 0.05) is 36.6 Å². The van der Waals surface area contributed by atoms with Gasteiger partial charge < -0.3 is 25.0 Å². The summed E-state index contributed by atoms with van der Waals surface area (Å²) in [7, 11) is 0. The maximum atomic E-state index is 12.7. The van der Waals surface area contributed by atoms with Crippen molar-refractivity contribution in [3.8, 4) is 11.3 Å². The van der Waals surface area contributed by atoms with E-state index in [9.17, 15) is 19.2 Å². The number of rotatable bonds is 10. The van der Waals surface area contributed by atoms with Crippen LogP contribution >= 0.6 is 11.3 Å². The lowest BCUT2D eigenvalue weighted by Crippen LogP contribution is -2.52. The monoisotopic (exact) mass is 502 g/mol. The molecule has 188 valence electrons. The van der Waals surface area contributed by atoms with Crippen LogP contribution in [0.4, 0.5) is 4.79 Å². The van der Waals surface area contributed by atoms with Crippen molar-refractivity contribution < 1.29 is 29.0 Å². The van der Waals surface area contributed by atoms with Crippen LogP contribution in [0.2, 0.25) is 0 Å². The Morgan fingerprint density at radius 1 is 1.09 bits per heavy atom. The Morgan fingerprint density at radius 3 is 2.43 bits per heavy atom. The van der Waals surface area contributed by atoms with Crippen LogP contribution < -0.4 is 5.32 Å². The number of aryl methyl sites for hydroxylation is 1. The number of hydrogen-bond acceptors (Lipinski definition) is 7. The van der Waals surface area contributed by atoms with Gasteiger partial charge in [-0.1, -0.05) is 43.7 Å². The summed E-state index contributed by atoms with van der Waals surface area (Å²) in [5.74, 6) is -1.66. The lowest BCUT2D eigenvalue weighted by Gasteiger charge is -2.34. The molecule has 10 nitrogen and oxygen atoms in total. The highest BCUT2D eigenvalue weighted by Crippen LogP contribution is 2.29. The molecule has 0 atom stereocenters. The summed E-state index contributed by atoms with van der Waals surface area (Å²) in [4.78, 5) is 56.7. The van der Waals surface area contributed by atoms with E-state index in [2.05, 4.69) is 10.3 Å². The Kier molecular flexibility index (Phi) is 9.59. The maximum Gasteiger partial charge on any atom is 0.409 e. The zero-order chi connectivity index (χ0) is 25.2. The molecular formula is C24H30N4O6S. The Hall–Kier alpha value is -3.47. The van der Waals surface area contributed by atoms with Gasteiger partial charge >= 0.3 is 12.1 Å². The molecule has 1 aromatic heterocycles. The molecule has 0 bridgehead atoms. The smallest absolute Gasteiger partial charge is 0.409 e. The van der Waals surface area contributed by atoms with Gasteiger partial charge in [0.25, 0.3) is 5.91 Å². The summed E-state index contributed by atoms with van der Waals surface area (Å²) in [6, 6.07) is 9.26. The van der Waals surface area contributed by atoms with Gasteiger partial charge in [0.2, 0.25) is 5.91 Å². The van der Waals surface area contributed by atoms with Crippen molar-refractivity contribution in [1.29, 1.82) is 0 Å². The van der Waals surface area contributed by atoms with Gasteiger partial charge in [-0.3, -0.25) is 14.4 Å². The summed E-state index contributed by atoms with van der Waals surface area (Å²) in [5.41, 5.74) is 1.38. The fourth-order valence-corrected chi connectivity index (χ4v) is 4.54. The van der Waals surface area contributed by atoms with Crippen LogP contribution in [-0.4, -0.2) is 83.1 Å². The fourth-order valence-electron chi connectivity index (χ4n) is 3.54. The van der Waals surface area contributed by atoms with E-state index in [-0.39, 0.29) is 36.4 Å². The Bertz CT molecular complexity index is 1030. The second kappa shape index (κ2) is 12.8. The average molecular weight is 503 g/mol. The van der Waals surface area contributed by atoms with Crippen molar-refractivity contribution in [2.24, 2.45) is 0 Å². The molecule has 0 spiro atoms. The molecule has 2 heterocycles. The highest BCUT2D eigenvalue weighted by atomic mass is 32.1. The van der Waals surface area contributed by atoms with E-state index in [1.165, 1.54) is 0 Å². The topological polar surface area (TPSA) is 129 Å². The van der Waals surface area contributed by atoms with Crippen LogP contribution in [0.3, 0.4) is 0 Å². The van der Waals surface area contributed by atoms with Gasteiger partial charge in [-0.25, -0.2) is 9.78 Å². The van der Waals surface area contributed by atoms with Crippen LogP contribution in [0.25, 0.3) is 11.3 Å². The first-order chi connectivity index (χ1) is 16.9. The largest absolute Gasteiger partial charge is 0.481 e. The quantitative estimate of drug-likeness (QED) is 0.478. The van der Waals surface area contributed by atoms with Crippen LogP contribution in [0.1, 0.15) is 40.9 Å². The number of nitrogens with one attached hydrogen (secondary N) is 1. The highest BCUT2D eigenvalue weighted by Gasteiger charge is 2.26. The lowest BCUT2D eigenvalue weighted by molar-refractivity contribution is -0.137. The van der Waals surface area contributed by atoms with E-state index in [0.29, 0.717) is 43.4 Å². The highest BCUT2D eigenvalue weighted by molar-refractivity contribution is 7.14. The number of carbonyl (C=O) groups excluding carboxylic acids is 3. The molecule has 2 N–H and O–H groups in total. The van der Waals surface area contributed by atoms with Crippen molar-refractivity contribution in [2.75, 3.05) is 39.3 Å². The van der Waals surface area contributed by atoms with Crippen molar-refractivity contribution in [3.63, 3.8) is 0 Å². The van der Waals surface area contributed by atoms with Gasteiger partial charge in [-0.2, -0.15) is 0 Å². The number of nitrogens with zero attached hydrogens (tertiary/aromatic N) is 3. The minimum absolute atomic E-state index is 0.0697. The Balaban J connectivity index is 1.54. The number of thiazole rings is 1. The van der Waals surface area contributed by atoms with E-state index in [4.69, 9.17) is 9.84 Å². The number of aromatic nitrogens is 1. The third-order valence-corrected chi connectivity index (χ3v) is 6.63. The summed E-state index contributed by atoms with van der Waals surface area (Å²) in [5, 5.41) is 11.8. The first-order valence-corrected chi connectivity index (χ1v) is 12.4. The number of carbonyl (C=O) groups is 4. The van der Waals surface area contributed by atoms with Gasteiger partial charge in [0.05, 0.1) is 25.3 Å². The van der Waals surface area contributed by atoms with E-state index in [0.717, 1.165) is 29.7 Å². The second-order valence-corrected chi connectivity index (χ2v) is 9.15. The number of amides is 3. The summed E-state index contributed by atoms with van der Waals surface area (Å²) < 4.78 is 5.21. The minimum Gasteiger partial charge on any atom is -0.481 e. The van der Waals surface area contributed by atoms with Crippen molar-refractivity contribution in [2.45, 2.75) is 32.6 Å². The number of benzene rings is 1. The average Bonchev–Trinajstić information content (AvgIpc) is 3.31. The first kappa shape index (κ1) is 26.1. The molecule has 1 fully saturated rings. The molecule has 35 heavy (non-hydrogen) atoms. The van der Waals surface area contributed by atoms with Crippen LogP contribution in [0.5, 0.6) is 0 Å². The maximum absolute atomic E-state index is 12.7. The zero-order valence-corrected chi connectivity index (χ0v) is 20.5. The number of piperazine rings is 1. The van der Waals surface area contributed by atoms with Crippen LogP contribution in [0.15, 0.2) is 30.3 Å². The van der Waals surface area contributed by atoms with Crippen molar-refractivity contribution >= 4 is 35.2 Å². The van der Waals surface area contributed by atoms with Crippen molar-refractivity contribution in [3.05, 3.63) is 40.2 Å². The fraction of sp³-hybridized carbons (Fsp3) is 0.458. The predicted octanol–water partition coefficient (Wildman–Crippen LogP) is 2.64. The standard InChI is InChI=1S/C24H30N4O6S/c1-2-3-15-34-24(33)28-13-11-27(12-14-28)19(29)16-25-22(32)23-26-21(17-7-5-4-6-8-17)18(35-23)9-10-20(30)31/h4-8H,2-3,9-16H2,1H3,(H,25,32)(H,30,31). The van der Waals surface area contributed by atoms with Crippen LogP contribution in [0, 0.1) is 0 Å². The molecular weight excluding hydrogens is 472 g/mol. The second-order valence-electron chi connectivity index (χ2n) is 8.07. The summed E-state index contributed by atoms with van der Waals surface area (Å²) >= 11 is 1.13. The number of carboxylic acid groups (broad SMARTS) is 1. The van der Waals surface area contributed by atoms with Crippen LogP contribution in [-0.2, 0) is 20.7 Å². The van der Waals surface area contributed by atoms with Gasteiger partial charge in [0.15, 0.2) is 5.01 Å². The number of carboxylic acids is 1. The molecule has 2 aromatic rings. The number of aliphatic carboxylic acids is 1. The number of ether oxygens (including phenoxy) is 1. The number of hydrogen-bond donors (Lipinski definition) is 2. The SMILES string of the molecule is CCCCOC(=O)N1CCN(C(=O)CNC(=O)c2nc(-c3ccccc3)c(CCC(=O)O)s2)CC1. The first-order valence-electron chi connectivity index (χ1n) is 11.6. The van der Waals surface area contributed by atoms with Gasteiger partial charge in [0.1, 0.15) is 0 Å². The molecule has 1 aromatic carbocycles. The summed E-state index contributed by atoms with van der Waals surface area (Å²) in [6.45, 7) is 3.71. The van der Waals surface area contributed by atoms with Gasteiger partial charge in [-0.15, -0.1) is 11.3 Å². The third-order valence-electron chi connectivity index (χ3n) is 5.52. The Morgan fingerprint density at radius 2 is 1.77 bits per heavy atom. The predicted molar refractivity (Wildman–Crippen MR) is 130 cm³/mol. The molecule has 0 radical (unpaired) electrons. The molecule has 3 amide bonds. The number of unbranched alkanes of at least 4 members (excludes halogenated alkanes) is 1. The van der Waals surface area contributed by atoms with Gasteiger partial charge in [-0.05, 0) is 12.8 Å². The molecule has 1 saturated heterocycles. The lowest BCUT2D eigenvalue weighted by atomic mass is 10.1. The molecule has 3 rings (SSSR count). The van der Waals surface area contributed by atoms with E-state index >= 15 is 0 Å². The normalized spacial score (nSPS) is 13.4. The minimum atomic E-state index is -0.927. The molecule has 11 heteroatoms. The molecule has 0 saturated carbocycles.